The van der Waals surface area contributed by atoms with Crippen molar-refractivity contribution in [2.75, 3.05) is 26.3 Å². The van der Waals surface area contributed by atoms with Crippen LogP contribution in [0.4, 0.5) is 0 Å². The fourth-order valence-corrected chi connectivity index (χ4v) is 3.42. The highest BCUT2D eigenvalue weighted by Gasteiger charge is 2.24. The molecule has 1 unspecified atom stereocenters. The van der Waals surface area contributed by atoms with Crippen molar-refractivity contribution in [2.45, 2.75) is 40.0 Å². The van der Waals surface area contributed by atoms with E-state index in [-0.39, 0.29) is 5.41 Å². The number of ether oxygens (including phenoxy) is 1. The highest BCUT2D eigenvalue weighted by molar-refractivity contribution is 7.92. The Balaban J connectivity index is 2.74. The van der Waals surface area contributed by atoms with Crippen LogP contribution in [0.1, 0.15) is 40.0 Å². The Kier molecular flexibility index (Phi) is 5.82. The van der Waals surface area contributed by atoms with Crippen molar-refractivity contribution < 1.29 is 13.2 Å². The number of allylic oxidation sites excluding steroid dienone is 1. The van der Waals surface area contributed by atoms with E-state index < -0.39 is 10.0 Å². The molecule has 106 valence electrons. The summed E-state index contributed by atoms with van der Waals surface area (Å²) in [6.45, 7) is 8.24. The first-order valence-electron chi connectivity index (χ1n) is 6.70. The molecule has 1 atom stereocenters. The molecule has 0 N–H and O–H groups in total. The van der Waals surface area contributed by atoms with Crippen LogP contribution in [0.15, 0.2) is 11.5 Å². The number of nitrogens with zero attached hydrogens (tertiary/aromatic N) is 1. The number of hydrogen-bond donors (Lipinski definition) is 0. The first-order valence-corrected chi connectivity index (χ1v) is 8.21. The summed E-state index contributed by atoms with van der Waals surface area (Å²) < 4.78 is 30.9. The molecule has 0 amide bonds. The molecule has 1 rings (SSSR count). The van der Waals surface area contributed by atoms with E-state index in [1.807, 2.05) is 6.08 Å². The van der Waals surface area contributed by atoms with Gasteiger partial charge in [-0.05, 0) is 18.3 Å². The second-order valence-corrected chi connectivity index (χ2v) is 6.94. The van der Waals surface area contributed by atoms with E-state index in [2.05, 4.69) is 20.8 Å². The van der Waals surface area contributed by atoms with Crippen molar-refractivity contribution in [1.29, 1.82) is 0 Å². The molecule has 0 spiro atoms. The van der Waals surface area contributed by atoms with Gasteiger partial charge in [-0.25, -0.2) is 8.42 Å². The van der Waals surface area contributed by atoms with Gasteiger partial charge in [0.1, 0.15) is 0 Å². The van der Waals surface area contributed by atoms with Crippen LogP contribution < -0.4 is 0 Å². The molecule has 1 aliphatic heterocycles. The molecule has 1 heterocycles. The zero-order chi connectivity index (χ0) is 13.6. The normalized spacial score (nSPS) is 22.2. The third kappa shape index (κ3) is 4.37. The summed E-state index contributed by atoms with van der Waals surface area (Å²) >= 11 is 0. The van der Waals surface area contributed by atoms with Crippen LogP contribution in [-0.4, -0.2) is 39.0 Å². The summed E-state index contributed by atoms with van der Waals surface area (Å²) in [6, 6.07) is 0. The highest BCUT2D eigenvalue weighted by Crippen LogP contribution is 2.29. The zero-order valence-electron chi connectivity index (χ0n) is 11.7. The third-order valence-corrected chi connectivity index (χ3v) is 5.17. The van der Waals surface area contributed by atoms with E-state index in [1.165, 1.54) is 9.71 Å². The van der Waals surface area contributed by atoms with E-state index in [1.54, 1.807) is 0 Å². The van der Waals surface area contributed by atoms with E-state index in [9.17, 15) is 8.42 Å². The number of hydrogen-bond acceptors (Lipinski definition) is 3. The smallest absolute Gasteiger partial charge is 0.236 e. The largest absolute Gasteiger partial charge is 0.379 e. The first-order chi connectivity index (χ1) is 8.43. The maximum absolute atomic E-state index is 12.1. The van der Waals surface area contributed by atoms with Gasteiger partial charge in [-0.2, -0.15) is 4.31 Å². The van der Waals surface area contributed by atoms with Gasteiger partial charge < -0.3 is 4.74 Å². The first kappa shape index (κ1) is 15.7. The Labute approximate surface area is 111 Å². The minimum Gasteiger partial charge on any atom is -0.379 e. The molecular formula is C13H25NO3S. The Morgan fingerprint density at radius 3 is 2.39 bits per heavy atom. The summed E-state index contributed by atoms with van der Waals surface area (Å²) in [6.07, 6.45) is 4.89. The zero-order valence-corrected chi connectivity index (χ0v) is 12.5. The molecule has 1 fully saturated rings. The quantitative estimate of drug-likeness (QED) is 0.747. The van der Waals surface area contributed by atoms with Gasteiger partial charge in [0, 0.05) is 18.5 Å². The Morgan fingerprint density at radius 2 is 1.89 bits per heavy atom. The average molecular weight is 275 g/mol. The summed E-state index contributed by atoms with van der Waals surface area (Å²) in [7, 11) is -3.27. The number of morpholine rings is 1. The Morgan fingerprint density at radius 1 is 1.28 bits per heavy atom. The second-order valence-electron chi connectivity index (χ2n) is 5.12. The standard InChI is InChI=1S/C13H25NO3S/c1-4-6-13(3,5-2)7-12-18(15,16)14-8-10-17-11-9-14/h7,12H,4-6,8-11H2,1-3H3/b12-7+. The Hall–Kier alpha value is -0.390. The monoisotopic (exact) mass is 275 g/mol. The molecule has 1 aliphatic rings. The maximum Gasteiger partial charge on any atom is 0.236 e. The SMILES string of the molecule is CCCC(C)(/C=C/S(=O)(=O)N1CCOCC1)CC. The number of rotatable bonds is 6. The third-order valence-electron chi connectivity index (χ3n) is 3.60. The average Bonchev–Trinajstić information content (AvgIpc) is 2.38. The van der Waals surface area contributed by atoms with Gasteiger partial charge in [0.25, 0.3) is 0 Å². The molecule has 0 bridgehead atoms. The van der Waals surface area contributed by atoms with Crippen LogP contribution in [0.25, 0.3) is 0 Å². The van der Waals surface area contributed by atoms with Gasteiger partial charge in [-0.3, -0.25) is 0 Å². The summed E-state index contributed by atoms with van der Waals surface area (Å²) in [5.41, 5.74) is -0.0197. The summed E-state index contributed by atoms with van der Waals surface area (Å²) in [5.74, 6) is 0. The number of sulfonamides is 1. The minimum absolute atomic E-state index is 0.0197. The van der Waals surface area contributed by atoms with Gasteiger partial charge >= 0.3 is 0 Å². The van der Waals surface area contributed by atoms with Crippen LogP contribution in [-0.2, 0) is 14.8 Å². The van der Waals surface area contributed by atoms with Gasteiger partial charge in [0.15, 0.2) is 0 Å². The lowest BCUT2D eigenvalue weighted by Gasteiger charge is -2.26. The fourth-order valence-electron chi connectivity index (χ4n) is 2.09. The topological polar surface area (TPSA) is 46.6 Å². The van der Waals surface area contributed by atoms with E-state index in [0.717, 1.165) is 19.3 Å². The van der Waals surface area contributed by atoms with Crippen LogP contribution in [0.2, 0.25) is 0 Å². The lowest BCUT2D eigenvalue weighted by atomic mass is 9.83. The van der Waals surface area contributed by atoms with Gasteiger partial charge in [-0.15, -0.1) is 0 Å². The van der Waals surface area contributed by atoms with E-state index >= 15 is 0 Å². The summed E-state index contributed by atoms with van der Waals surface area (Å²) in [4.78, 5) is 0. The molecular weight excluding hydrogens is 250 g/mol. The molecule has 0 aromatic heterocycles. The molecule has 0 aromatic carbocycles. The van der Waals surface area contributed by atoms with Crippen LogP contribution in [0, 0.1) is 5.41 Å². The molecule has 5 heteroatoms. The van der Waals surface area contributed by atoms with Gasteiger partial charge in [0.2, 0.25) is 10.0 Å². The van der Waals surface area contributed by atoms with E-state index in [4.69, 9.17) is 4.74 Å². The highest BCUT2D eigenvalue weighted by atomic mass is 32.2. The minimum atomic E-state index is -3.27. The fraction of sp³-hybridized carbons (Fsp3) is 0.846. The Bertz CT molecular complexity index is 372. The van der Waals surface area contributed by atoms with Crippen LogP contribution in [0.3, 0.4) is 0 Å². The van der Waals surface area contributed by atoms with Crippen molar-refractivity contribution in [3.8, 4) is 0 Å². The molecule has 1 saturated heterocycles. The van der Waals surface area contributed by atoms with E-state index in [0.29, 0.717) is 26.3 Å². The molecule has 18 heavy (non-hydrogen) atoms. The lowest BCUT2D eigenvalue weighted by molar-refractivity contribution is 0.0735. The summed E-state index contributed by atoms with van der Waals surface area (Å²) in [5, 5.41) is 1.39. The predicted molar refractivity (Wildman–Crippen MR) is 73.8 cm³/mol. The maximum atomic E-state index is 12.1. The van der Waals surface area contributed by atoms with Crippen molar-refractivity contribution in [3.05, 3.63) is 11.5 Å². The molecule has 4 nitrogen and oxygen atoms in total. The molecule has 0 radical (unpaired) electrons. The lowest BCUT2D eigenvalue weighted by Crippen LogP contribution is -2.39. The van der Waals surface area contributed by atoms with Crippen molar-refractivity contribution in [1.82, 2.24) is 4.31 Å². The van der Waals surface area contributed by atoms with Crippen molar-refractivity contribution in [3.63, 3.8) is 0 Å². The molecule has 0 saturated carbocycles. The van der Waals surface area contributed by atoms with Crippen molar-refractivity contribution >= 4 is 10.0 Å². The van der Waals surface area contributed by atoms with Gasteiger partial charge in [-0.1, -0.05) is 33.3 Å². The molecule has 0 aromatic rings. The van der Waals surface area contributed by atoms with Crippen molar-refractivity contribution in [2.24, 2.45) is 5.41 Å². The van der Waals surface area contributed by atoms with Crippen LogP contribution in [0.5, 0.6) is 0 Å². The molecule has 0 aliphatic carbocycles. The van der Waals surface area contributed by atoms with Crippen LogP contribution >= 0.6 is 0 Å². The second kappa shape index (κ2) is 6.68. The van der Waals surface area contributed by atoms with Gasteiger partial charge in [0.05, 0.1) is 13.2 Å². The predicted octanol–water partition coefficient (Wildman–Crippen LogP) is 2.38.